The van der Waals surface area contributed by atoms with E-state index in [0.29, 0.717) is 12.5 Å². The molecule has 1 unspecified atom stereocenters. The van der Waals surface area contributed by atoms with Gasteiger partial charge in [0.15, 0.2) is 0 Å². The maximum Gasteiger partial charge on any atom is 0.0436 e. The number of hydrogen-bond donors (Lipinski definition) is 1. The van der Waals surface area contributed by atoms with E-state index in [1.807, 2.05) is 0 Å². The van der Waals surface area contributed by atoms with Gasteiger partial charge in [-0.05, 0) is 38.0 Å². The van der Waals surface area contributed by atoms with Gasteiger partial charge in [0.05, 0.1) is 0 Å². The highest BCUT2D eigenvalue weighted by Gasteiger charge is 2.10. The van der Waals surface area contributed by atoms with E-state index in [1.54, 1.807) is 5.57 Å². The molecule has 0 saturated heterocycles. The predicted molar refractivity (Wildman–Crippen MR) is 47.4 cm³/mol. The molecule has 0 heterocycles. The molecule has 1 aliphatic carbocycles. The molecular weight excluding hydrogens is 136 g/mol. The van der Waals surface area contributed by atoms with Crippen molar-refractivity contribution in [2.24, 2.45) is 5.92 Å². The van der Waals surface area contributed by atoms with Crippen LogP contribution in [-0.4, -0.2) is 11.7 Å². The maximum absolute atomic E-state index is 8.74. The Kier molecular flexibility index (Phi) is 3.64. The lowest BCUT2D eigenvalue weighted by molar-refractivity contribution is 0.269. The van der Waals surface area contributed by atoms with Gasteiger partial charge in [0.2, 0.25) is 0 Å². The summed E-state index contributed by atoms with van der Waals surface area (Å²) in [5, 5.41) is 8.74. The Labute approximate surface area is 69.1 Å². The average molecular weight is 154 g/mol. The quantitative estimate of drug-likeness (QED) is 0.619. The topological polar surface area (TPSA) is 20.2 Å². The minimum atomic E-state index is 0.332. The van der Waals surface area contributed by atoms with Crippen molar-refractivity contribution < 1.29 is 5.11 Å². The fraction of sp³-hybridized carbons (Fsp3) is 0.800. The summed E-state index contributed by atoms with van der Waals surface area (Å²) >= 11 is 0. The zero-order valence-electron chi connectivity index (χ0n) is 7.34. The summed E-state index contributed by atoms with van der Waals surface area (Å²) in [7, 11) is 0. The number of rotatable bonds is 3. The normalized spacial score (nSPS) is 21.1. The van der Waals surface area contributed by atoms with Gasteiger partial charge in [-0.15, -0.1) is 0 Å². The average Bonchev–Trinajstić information content (AvgIpc) is 2.07. The van der Waals surface area contributed by atoms with Crippen LogP contribution in [0.4, 0.5) is 0 Å². The molecule has 1 nitrogen and oxygen atoms in total. The Morgan fingerprint density at radius 1 is 1.55 bits per heavy atom. The summed E-state index contributed by atoms with van der Waals surface area (Å²) in [5.41, 5.74) is 1.57. The van der Waals surface area contributed by atoms with Gasteiger partial charge in [-0.25, -0.2) is 0 Å². The Bertz CT molecular complexity index is 138. The van der Waals surface area contributed by atoms with Gasteiger partial charge in [0.25, 0.3) is 0 Å². The van der Waals surface area contributed by atoms with Gasteiger partial charge in [-0.2, -0.15) is 0 Å². The second-order valence-electron chi connectivity index (χ2n) is 3.44. The maximum atomic E-state index is 8.74. The summed E-state index contributed by atoms with van der Waals surface area (Å²) in [6.07, 6.45) is 8.53. The van der Waals surface area contributed by atoms with E-state index in [4.69, 9.17) is 5.11 Å². The summed E-state index contributed by atoms with van der Waals surface area (Å²) in [6.45, 7) is 2.55. The molecule has 1 N–H and O–H groups in total. The first-order valence-electron chi connectivity index (χ1n) is 4.64. The van der Waals surface area contributed by atoms with Gasteiger partial charge >= 0.3 is 0 Å². The van der Waals surface area contributed by atoms with Gasteiger partial charge in [-0.1, -0.05) is 18.6 Å². The predicted octanol–water partition coefficient (Wildman–Crippen LogP) is 2.51. The monoisotopic (exact) mass is 154 g/mol. The molecule has 1 aliphatic rings. The SMILES string of the molecule is CC(CCO)C1=CCCCC1. The zero-order valence-corrected chi connectivity index (χ0v) is 7.34. The third-order valence-electron chi connectivity index (χ3n) is 2.52. The van der Waals surface area contributed by atoms with Crippen LogP contribution in [-0.2, 0) is 0 Å². The van der Waals surface area contributed by atoms with Crippen molar-refractivity contribution in [3.8, 4) is 0 Å². The standard InChI is InChI=1S/C10H18O/c1-9(7-8-11)10-5-3-2-4-6-10/h5,9,11H,2-4,6-8H2,1H3. The molecule has 0 aromatic rings. The molecule has 0 bridgehead atoms. The molecule has 0 aromatic carbocycles. The first kappa shape index (κ1) is 8.79. The second kappa shape index (κ2) is 4.55. The minimum absolute atomic E-state index is 0.332. The van der Waals surface area contributed by atoms with Crippen LogP contribution in [0.3, 0.4) is 0 Å². The van der Waals surface area contributed by atoms with Gasteiger partial charge in [0.1, 0.15) is 0 Å². The van der Waals surface area contributed by atoms with E-state index in [1.165, 1.54) is 25.7 Å². The molecular formula is C10H18O. The van der Waals surface area contributed by atoms with Crippen LogP contribution >= 0.6 is 0 Å². The molecule has 0 fully saturated rings. The highest BCUT2D eigenvalue weighted by Crippen LogP contribution is 2.25. The summed E-state index contributed by atoms with van der Waals surface area (Å²) in [4.78, 5) is 0. The fourth-order valence-electron chi connectivity index (χ4n) is 1.69. The van der Waals surface area contributed by atoms with Gasteiger partial charge in [-0.3, -0.25) is 0 Å². The largest absolute Gasteiger partial charge is 0.396 e. The molecule has 0 radical (unpaired) electrons. The first-order valence-corrected chi connectivity index (χ1v) is 4.64. The fourth-order valence-corrected chi connectivity index (χ4v) is 1.69. The summed E-state index contributed by atoms with van der Waals surface area (Å²) < 4.78 is 0. The molecule has 1 atom stereocenters. The molecule has 0 amide bonds. The molecule has 0 aliphatic heterocycles. The lowest BCUT2D eigenvalue weighted by Gasteiger charge is -2.18. The van der Waals surface area contributed by atoms with Crippen LogP contribution in [0.5, 0.6) is 0 Å². The Morgan fingerprint density at radius 2 is 2.36 bits per heavy atom. The van der Waals surface area contributed by atoms with Crippen LogP contribution in [0, 0.1) is 5.92 Å². The smallest absolute Gasteiger partial charge is 0.0436 e. The lowest BCUT2D eigenvalue weighted by Crippen LogP contribution is -2.04. The van der Waals surface area contributed by atoms with Crippen molar-refractivity contribution in [3.05, 3.63) is 11.6 Å². The number of aliphatic hydroxyl groups is 1. The molecule has 0 spiro atoms. The highest BCUT2D eigenvalue weighted by atomic mass is 16.3. The summed E-state index contributed by atoms with van der Waals surface area (Å²) in [6, 6.07) is 0. The van der Waals surface area contributed by atoms with Crippen molar-refractivity contribution in [1.29, 1.82) is 0 Å². The van der Waals surface area contributed by atoms with Crippen molar-refractivity contribution >= 4 is 0 Å². The minimum Gasteiger partial charge on any atom is -0.396 e. The molecule has 0 saturated carbocycles. The Morgan fingerprint density at radius 3 is 2.91 bits per heavy atom. The third-order valence-corrected chi connectivity index (χ3v) is 2.52. The summed E-state index contributed by atoms with van der Waals surface area (Å²) in [5.74, 6) is 0.611. The molecule has 1 heteroatoms. The van der Waals surface area contributed by atoms with Crippen molar-refractivity contribution in [2.45, 2.75) is 39.0 Å². The van der Waals surface area contributed by atoms with E-state index in [0.717, 1.165) is 6.42 Å². The van der Waals surface area contributed by atoms with Crippen molar-refractivity contribution in [3.63, 3.8) is 0 Å². The van der Waals surface area contributed by atoms with Crippen LogP contribution in [0.1, 0.15) is 39.0 Å². The Balaban J connectivity index is 2.37. The van der Waals surface area contributed by atoms with Gasteiger partial charge < -0.3 is 5.11 Å². The molecule has 0 aromatic heterocycles. The van der Waals surface area contributed by atoms with E-state index in [2.05, 4.69) is 13.0 Å². The molecule has 11 heavy (non-hydrogen) atoms. The third kappa shape index (κ3) is 2.66. The molecule has 64 valence electrons. The second-order valence-corrected chi connectivity index (χ2v) is 3.44. The number of allylic oxidation sites excluding steroid dienone is 2. The van der Waals surface area contributed by atoms with Crippen molar-refractivity contribution in [2.75, 3.05) is 6.61 Å². The van der Waals surface area contributed by atoms with Crippen molar-refractivity contribution in [1.82, 2.24) is 0 Å². The van der Waals surface area contributed by atoms with Crippen LogP contribution in [0.15, 0.2) is 11.6 Å². The van der Waals surface area contributed by atoms with Crippen LogP contribution in [0.25, 0.3) is 0 Å². The zero-order chi connectivity index (χ0) is 8.10. The number of aliphatic hydroxyl groups excluding tert-OH is 1. The first-order chi connectivity index (χ1) is 5.34. The van der Waals surface area contributed by atoms with Gasteiger partial charge in [0, 0.05) is 6.61 Å². The van der Waals surface area contributed by atoms with Crippen LogP contribution in [0.2, 0.25) is 0 Å². The van der Waals surface area contributed by atoms with E-state index in [9.17, 15) is 0 Å². The number of hydrogen-bond acceptors (Lipinski definition) is 1. The highest BCUT2D eigenvalue weighted by molar-refractivity contribution is 5.08. The van der Waals surface area contributed by atoms with Crippen LogP contribution < -0.4 is 0 Å². The lowest BCUT2D eigenvalue weighted by atomic mass is 9.89. The van der Waals surface area contributed by atoms with E-state index < -0.39 is 0 Å². The Hall–Kier alpha value is -0.300. The van der Waals surface area contributed by atoms with E-state index >= 15 is 0 Å². The molecule has 1 rings (SSSR count). The van der Waals surface area contributed by atoms with E-state index in [-0.39, 0.29) is 0 Å².